The molecule has 2 aliphatic rings. The lowest BCUT2D eigenvalue weighted by atomic mass is 9.99. The summed E-state index contributed by atoms with van der Waals surface area (Å²) >= 11 is 5.97. The summed E-state index contributed by atoms with van der Waals surface area (Å²) in [5.41, 5.74) is 4.99. The van der Waals surface area contributed by atoms with Crippen molar-refractivity contribution in [1.29, 1.82) is 0 Å². The van der Waals surface area contributed by atoms with Gasteiger partial charge in [0.15, 0.2) is 0 Å². The second-order valence-corrected chi connectivity index (χ2v) is 10.2. The Morgan fingerprint density at radius 3 is 2.54 bits per heavy atom. The predicted octanol–water partition coefficient (Wildman–Crippen LogP) is 6.26. The van der Waals surface area contributed by atoms with Crippen LogP contribution in [-0.4, -0.2) is 36.0 Å². The smallest absolute Gasteiger partial charge is 0.251 e. The summed E-state index contributed by atoms with van der Waals surface area (Å²) in [5.74, 6) is -0.901. The molecule has 2 aliphatic heterocycles. The Bertz CT molecular complexity index is 1300. The highest BCUT2D eigenvalue weighted by atomic mass is 35.5. The number of likely N-dealkylation sites (tertiary alicyclic amines) is 1. The van der Waals surface area contributed by atoms with Crippen LogP contribution in [-0.2, 0) is 11.3 Å². The molecule has 0 aromatic heterocycles. The van der Waals surface area contributed by atoms with E-state index in [0.717, 1.165) is 36.4 Å². The summed E-state index contributed by atoms with van der Waals surface area (Å²) in [6, 6.07) is 20.7. The molecule has 1 fully saturated rings. The molecule has 2 atom stereocenters. The van der Waals surface area contributed by atoms with Crippen LogP contribution in [0.15, 0.2) is 71.7 Å². The molecule has 0 aliphatic carbocycles. The van der Waals surface area contributed by atoms with Crippen LogP contribution >= 0.6 is 11.6 Å². The molecule has 2 amide bonds. The van der Waals surface area contributed by atoms with Gasteiger partial charge in [-0.1, -0.05) is 42.3 Å². The third kappa shape index (κ3) is 6.09. The molecule has 0 saturated carbocycles. The zero-order chi connectivity index (χ0) is 25.8. The van der Waals surface area contributed by atoms with Gasteiger partial charge in [0.2, 0.25) is 5.91 Å². The number of piperidine rings is 1. The number of rotatable bonds is 7. The summed E-state index contributed by atoms with van der Waals surface area (Å²) in [7, 11) is 0. The van der Waals surface area contributed by atoms with Crippen molar-refractivity contribution >= 4 is 41.0 Å². The molecular weight excluding hydrogens is 484 g/mol. The number of amides is 2. The van der Waals surface area contributed by atoms with E-state index in [0.29, 0.717) is 16.3 Å². The van der Waals surface area contributed by atoms with Crippen LogP contribution < -0.4 is 10.6 Å². The first-order valence-electron chi connectivity index (χ1n) is 12.8. The van der Waals surface area contributed by atoms with Gasteiger partial charge in [-0.05, 0) is 92.0 Å². The highest BCUT2D eigenvalue weighted by Gasteiger charge is 2.30. The second-order valence-electron chi connectivity index (χ2n) is 9.80. The molecule has 0 bridgehead atoms. The van der Waals surface area contributed by atoms with Crippen LogP contribution in [0.1, 0.15) is 65.2 Å². The van der Waals surface area contributed by atoms with Crippen molar-refractivity contribution in [3.05, 3.63) is 94.0 Å². The number of carbonyl (C=O) groups excluding carboxylic acids is 2. The molecule has 3 aromatic carbocycles. The normalized spacial score (nSPS) is 18.4. The van der Waals surface area contributed by atoms with Crippen molar-refractivity contribution in [3.8, 4) is 0 Å². The van der Waals surface area contributed by atoms with Gasteiger partial charge < -0.3 is 10.6 Å². The lowest BCUT2D eigenvalue weighted by Crippen LogP contribution is -2.28. The topological polar surface area (TPSA) is 73.8 Å². The van der Waals surface area contributed by atoms with E-state index in [1.165, 1.54) is 24.8 Å². The van der Waals surface area contributed by atoms with Gasteiger partial charge in [0.25, 0.3) is 5.91 Å². The largest absolute Gasteiger partial charge is 0.346 e. The van der Waals surface area contributed by atoms with Crippen LogP contribution in [0, 0.1) is 0 Å². The zero-order valence-corrected chi connectivity index (χ0v) is 21.7. The number of benzene rings is 3. The molecule has 0 spiro atoms. The van der Waals surface area contributed by atoms with Crippen molar-refractivity contribution < 1.29 is 9.59 Å². The van der Waals surface area contributed by atoms with Crippen molar-refractivity contribution in [1.82, 2.24) is 10.2 Å². The number of halogens is 1. The summed E-state index contributed by atoms with van der Waals surface area (Å²) in [6.07, 6.45) is 5.55. The first kappa shape index (κ1) is 25.2. The van der Waals surface area contributed by atoms with Crippen molar-refractivity contribution in [3.63, 3.8) is 0 Å². The summed E-state index contributed by atoms with van der Waals surface area (Å²) < 4.78 is 0. The van der Waals surface area contributed by atoms with E-state index >= 15 is 0 Å². The van der Waals surface area contributed by atoms with E-state index in [1.807, 2.05) is 31.2 Å². The molecule has 0 radical (unpaired) electrons. The maximum absolute atomic E-state index is 13.0. The van der Waals surface area contributed by atoms with Crippen molar-refractivity contribution in [2.75, 3.05) is 18.4 Å². The van der Waals surface area contributed by atoms with Crippen LogP contribution in [0.5, 0.6) is 0 Å². The molecule has 37 heavy (non-hydrogen) atoms. The Balaban J connectivity index is 1.26. The second kappa shape index (κ2) is 11.3. The number of nitrogens with zero attached hydrogens (tertiary/aromatic N) is 2. The summed E-state index contributed by atoms with van der Waals surface area (Å²) in [6.45, 7) is 5.21. The molecule has 1 saturated heterocycles. The minimum absolute atomic E-state index is 0.146. The van der Waals surface area contributed by atoms with Gasteiger partial charge in [-0.25, -0.2) is 0 Å². The maximum Gasteiger partial charge on any atom is 0.251 e. The van der Waals surface area contributed by atoms with Gasteiger partial charge in [-0.3, -0.25) is 19.5 Å². The first-order valence-corrected chi connectivity index (χ1v) is 13.2. The zero-order valence-electron chi connectivity index (χ0n) is 20.9. The standard InChI is InChI=1S/C30H31ClN4O2/c1-20(22-7-10-24(31)11-8-22)33-29(36)23-9-14-28-26(17-23)27(30(37)34-28)18-32-25-12-5-21(6-13-25)19-35-15-3-2-4-16-35/h5-14,17-18,20,27H,2-4,15-16,19H2,1H3,(H,33,36)(H,34,37). The fourth-order valence-electron chi connectivity index (χ4n) is 4.91. The van der Waals surface area contributed by atoms with Gasteiger partial charge in [-0.15, -0.1) is 0 Å². The highest BCUT2D eigenvalue weighted by molar-refractivity contribution is 6.30. The van der Waals surface area contributed by atoms with Gasteiger partial charge >= 0.3 is 0 Å². The maximum atomic E-state index is 13.0. The van der Waals surface area contributed by atoms with Crippen molar-refractivity contribution in [2.24, 2.45) is 4.99 Å². The van der Waals surface area contributed by atoms with E-state index < -0.39 is 5.92 Å². The van der Waals surface area contributed by atoms with Gasteiger partial charge in [0, 0.05) is 29.0 Å². The Hall–Kier alpha value is -3.48. The molecule has 7 heteroatoms. The SMILES string of the molecule is CC(NC(=O)c1ccc2c(c1)C(C=Nc1ccc(CN3CCCCC3)cc1)C(=O)N2)c1ccc(Cl)cc1. The number of hydrogen-bond donors (Lipinski definition) is 2. The number of aliphatic imine (C=N–C) groups is 1. The Kier molecular flexibility index (Phi) is 7.68. The molecule has 2 heterocycles. The average Bonchev–Trinajstić information content (AvgIpc) is 3.23. The molecular formula is C30H31ClN4O2. The van der Waals surface area contributed by atoms with Crippen LogP contribution in [0.3, 0.4) is 0 Å². The Morgan fingerprint density at radius 2 is 1.81 bits per heavy atom. The fourth-order valence-corrected chi connectivity index (χ4v) is 5.04. The lowest BCUT2D eigenvalue weighted by molar-refractivity contribution is -0.115. The van der Waals surface area contributed by atoms with E-state index in [4.69, 9.17) is 11.6 Å². The Labute approximate surface area is 222 Å². The number of fused-ring (bicyclic) bond motifs is 1. The first-order chi connectivity index (χ1) is 18.0. The number of nitrogens with one attached hydrogen (secondary N) is 2. The molecule has 2 N–H and O–H groups in total. The van der Waals surface area contributed by atoms with Gasteiger partial charge in [0.1, 0.15) is 5.92 Å². The highest BCUT2D eigenvalue weighted by Crippen LogP contribution is 2.33. The quantitative estimate of drug-likeness (QED) is 0.366. The fraction of sp³-hybridized carbons (Fsp3) is 0.300. The van der Waals surface area contributed by atoms with Crippen LogP contribution in [0.2, 0.25) is 5.02 Å². The summed E-state index contributed by atoms with van der Waals surface area (Å²) in [4.78, 5) is 32.7. The predicted molar refractivity (Wildman–Crippen MR) is 149 cm³/mol. The van der Waals surface area contributed by atoms with E-state index in [1.54, 1.807) is 36.5 Å². The van der Waals surface area contributed by atoms with Gasteiger partial charge in [-0.2, -0.15) is 0 Å². The molecule has 190 valence electrons. The number of carbonyl (C=O) groups is 2. The van der Waals surface area contributed by atoms with Gasteiger partial charge in [0.05, 0.1) is 11.7 Å². The monoisotopic (exact) mass is 514 g/mol. The average molecular weight is 515 g/mol. The number of anilines is 1. The number of hydrogen-bond acceptors (Lipinski definition) is 4. The minimum Gasteiger partial charge on any atom is -0.346 e. The minimum atomic E-state index is -0.551. The van der Waals surface area contributed by atoms with Crippen LogP contribution in [0.4, 0.5) is 11.4 Å². The third-order valence-electron chi connectivity index (χ3n) is 7.07. The lowest BCUT2D eigenvalue weighted by Gasteiger charge is -2.26. The summed E-state index contributed by atoms with van der Waals surface area (Å²) in [5, 5.41) is 6.57. The molecule has 5 rings (SSSR count). The van der Waals surface area contributed by atoms with E-state index in [9.17, 15) is 9.59 Å². The Morgan fingerprint density at radius 1 is 1.08 bits per heavy atom. The van der Waals surface area contributed by atoms with Crippen molar-refractivity contribution in [2.45, 2.75) is 44.7 Å². The molecule has 6 nitrogen and oxygen atoms in total. The van der Waals surface area contributed by atoms with E-state index in [2.05, 4.69) is 32.7 Å². The van der Waals surface area contributed by atoms with E-state index in [-0.39, 0.29) is 17.9 Å². The van der Waals surface area contributed by atoms with Crippen LogP contribution in [0.25, 0.3) is 0 Å². The molecule has 3 aromatic rings. The molecule has 2 unspecified atom stereocenters. The third-order valence-corrected chi connectivity index (χ3v) is 7.32.